The first-order valence-electron chi connectivity index (χ1n) is 7.21. The third-order valence-corrected chi connectivity index (χ3v) is 3.99. The van der Waals surface area contributed by atoms with Crippen molar-refractivity contribution >= 4 is 39.1 Å². The number of ether oxygens (including phenoxy) is 1. The molecule has 118 valence electrons. The number of halogens is 1. The molecule has 23 heavy (non-hydrogen) atoms. The lowest BCUT2D eigenvalue weighted by molar-refractivity contribution is -0.121. The van der Waals surface area contributed by atoms with Gasteiger partial charge in [-0.3, -0.25) is 14.5 Å². The Bertz CT molecular complexity index is 731. The van der Waals surface area contributed by atoms with Crippen LogP contribution in [0.3, 0.4) is 0 Å². The summed E-state index contributed by atoms with van der Waals surface area (Å²) in [7, 11) is 0. The minimum absolute atomic E-state index is 0.0464. The highest BCUT2D eigenvalue weighted by atomic mass is 79.9. The van der Waals surface area contributed by atoms with Gasteiger partial charge in [0.15, 0.2) is 0 Å². The van der Waals surface area contributed by atoms with Gasteiger partial charge < -0.3 is 10.1 Å². The molecule has 6 heteroatoms. The molecule has 2 aromatic rings. The number of nitrogens with one attached hydrogen (secondary N) is 1. The highest BCUT2D eigenvalue weighted by molar-refractivity contribution is 9.10. The number of rotatable bonds is 3. The molecule has 5 nitrogen and oxygen atoms in total. The molecule has 0 aromatic heterocycles. The van der Waals surface area contributed by atoms with Crippen LogP contribution in [-0.2, 0) is 9.59 Å². The Kier molecular flexibility index (Phi) is 4.62. The number of fused-ring (bicyclic) bond motifs is 1. The van der Waals surface area contributed by atoms with Crippen molar-refractivity contribution in [2.24, 2.45) is 0 Å². The van der Waals surface area contributed by atoms with Crippen molar-refractivity contribution in [1.29, 1.82) is 0 Å². The Morgan fingerprint density at radius 2 is 1.91 bits per heavy atom. The van der Waals surface area contributed by atoms with E-state index in [0.29, 0.717) is 23.7 Å². The van der Waals surface area contributed by atoms with Gasteiger partial charge in [-0.15, -0.1) is 0 Å². The molecule has 2 aromatic carbocycles. The monoisotopic (exact) mass is 374 g/mol. The van der Waals surface area contributed by atoms with Crippen molar-refractivity contribution in [3.05, 3.63) is 53.0 Å². The predicted molar refractivity (Wildman–Crippen MR) is 91.7 cm³/mol. The van der Waals surface area contributed by atoms with Crippen LogP contribution in [0.2, 0.25) is 0 Å². The summed E-state index contributed by atoms with van der Waals surface area (Å²) in [4.78, 5) is 26.0. The van der Waals surface area contributed by atoms with Gasteiger partial charge in [0.1, 0.15) is 12.3 Å². The fraction of sp³-hybridized carbons (Fsp3) is 0.176. The number of amides is 2. The average molecular weight is 375 g/mol. The molecule has 0 saturated heterocycles. The zero-order valence-corrected chi connectivity index (χ0v) is 13.9. The Balaban J connectivity index is 1.76. The largest absolute Gasteiger partial charge is 0.491 e. The van der Waals surface area contributed by atoms with E-state index in [1.165, 1.54) is 4.90 Å². The molecule has 0 saturated carbocycles. The van der Waals surface area contributed by atoms with Crippen molar-refractivity contribution < 1.29 is 14.3 Å². The van der Waals surface area contributed by atoms with Crippen molar-refractivity contribution in [1.82, 2.24) is 0 Å². The van der Waals surface area contributed by atoms with E-state index in [1.54, 1.807) is 24.3 Å². The van der Waals surface area contributed by atoms with Gasteiger partial charge in [0.2, 0.25) is 11.8 Å². The molecule has 1 aliphatic rings. The SMILES string of the molecule is O=C(CN1C(=O)CCOc2ccccc21)Nc1ccc(Br)cc1. The maximum atomic E-state index is 12.3. The van der Waals surface area contributed by atoms with Crippen molar-refractivity contribution in [3.63, 3.8) is 0 Å². The van der Waals surface area contributed by atoms with Gasteiger partial charge in [-0.05, 0) is 36.4 Å². The predicted octanol–water partition coefficient (Wildman–Crippen LogP) is 3.20. The lowest BCUT2D eigenvalue weighted by Crippen LogP contribution is -2.37. The fourth-order valence-corrected chi connectivity index (χ4v) is 2.63. The number of carbonyl (C=O) groups excluding carboxylic acids is 2. The Morgan fingerprint density at radius 1 is 1.17 bits per heavy atom. The highest BCUT2D eigenvalue weighted by Gasteiger charge is 2.24. The molecule has 3 rings (SSSR count). The number of carbonyl (C=O) groups is 2. The zero-order valence-electron chi connectivity index (χ0n) is 12.3. The van der Waals surface area contributed by atoms with Gasteiger partial charge in [0.05, 0.1) is 18.7 Å². The van der Waals surface area contributed by atoms with Crippen LogP contribution in [0.5, 0.6) is 5.75 Å². The summed E-state index contributed by atoms with van der Waals surface area (Å²) in [5.74, 6) is 0.244. The van der Waals surface area contributed by atoms with Gasteiger partial charge >= 0.3 is 0 Å². The molecule has 0 fully saturated rings. The standard InChI is InChI=1S/C17H15BrN2O3/c18-12-5-7-13(8-6-12)19-16(21)11-20-14-3-1-2-4-15(14)23-10-9-17(20)22/h1-8H,9-11H2,(H,19,21). The molecular formula is C17H15BrN2O3. The van der Waals surface area contributed by atoms with Crippen LogP contribution in [0.4, 0.5) is 11.4 Å². The summed E-state index contributed by atoms with van der Waals surface area (Å²) >= 11 is 3.35. The van der Waals surface area contributed by atoms with E-state index in [2.05, 4.69) is 21.2 Å². The van der Waals surface area contributed by atoms with E-state index in [9.17, 15) is 9.59 Å². The first-order valence-corrected chi connectivity index (χ1v) is 8.00. The summed E-state index contributed by atoms with van der Waals surface area (Å²) in [6, 6.07) is 14.5. The summed E-state index contributed by atoms with van der Waals surface area (Å²) in [5, 5.41) is 2.79. The van der Waals surface area contributed by atoms with Crippen LogP contribution in [0.25, 0.3) is 0 Å². The highest BCUT2D eigenvalue weighted by Crippen LogP contribution is 2.30. The smallest absolute Gasteiger partial charge is 0.244 e. The molecule has 0 spiro atoms. The van der Waals surface area contributed by atoms with Gasteiger partial charge in [-0.1, -0.05) is 28.1 Å². The lowest BCUT2D eigenvalue weighted by atomic mass is 10.2. The maximum absolute atomic E-state index is 12.3. The third-order valence-electron chi connectivity index (χ3n) is 3.46. The van der Waals surface area contributed by atoms with Crippen LogP contribution in [0.1, 0.15) is 6.42 Å². The lowest BCUT2D eigenvalue weighted by Gasteiger charge is -2.21. The number of para-hydroxylation sites is 2. The molecule has 0 atom stereocenters. The van der Waals surface area contributed by atoms with Crippen molar-refractivity contribution in [3.8, 4) is 5.75 Å². The Hall–Kier alpha value is -2.34. The van der Waals surface area contributed by atoms with Crippen molar-refractivity contribution in [2.75, 3.05) is 23.4 Å². The van der Waals surface area contributed by atoms with E-state index < -0.39 is 0 Å². The van der Waals surface area contributed by atoms with Gasteiger partial charge in [-0.25, -0.2) is 0 Å². The molecule has 1 aliphatic heterocycles. The van der Waals surface area contributed by atoms with E-state index in [-0.39, 0.29) is 24.8 Å². The van der Waals surface area contributed by atoms with Crippen LogP contribution >= 0.6 is 15.9 Å². The van der Waals surface area contributed by atoms with Crippen LogP contribution < -0.4 is 15.0 Å². The average Bonchev–Trinajstić information content (AvgIpc) is 2.70. The van der Waals surface area contributed by atoms with Crippen LogP contribution in [0.15, 0.2) is 53.0 Å². The van der Waals surface area contributed by atoms with E-state index in [1.807, 2.05) is 24.3 Å². The number of nitrogens with zero attached hydrogens (tertiary/aromatic N) is 1. The second-order valence-electron chi connectivity index (χ2n) is 5.10. The molecular weight excluding hydrogens is 360 g/mol. The van der Waals surface area contributed by atoms with E-state index >= 15 is 0 Å². The Labute approximate surface area is 142 Å². The zero-order chi connectivity index (χ0) is 16.2. The molecule has 2 amide bonds. The third kappa shape index (κ3) is 3.71. The van der Waals surface area contributed by atoms with E-state index in [4.69, 9.17) is 4.74 Å². The van der Waals surface area contributed by atoms with E-state index in [0.717, 1.165) is 4.47 Å². The Morgan fingerprint density at radius 3 is 2.70 bits per heavy atom. The molecule has 0 unspecified atom stereocenters. The summed E-state index contributed by atoms with van der Waals surface area (Å²) in [6.45, 7) is 0.274. The first-order chi connectivity index (χ1) is 11.1. The molecule has 0 aliphatic carbocycles. The quantitative estimate of drug-likeness (QED) is 0.897. The fourth-order valence-electron chi connectivity index (χ4n) is 2.37. The maximum Gasteiger partial charge on any atom is 0.244 e. The topological polar surface area (TPSA) is 58.6 Å². The molecule has 1 heterocycles. The second kappa shape index (κ2) is 6.83. The summed E-state index contributed by atoms with van der Waals surface area (Å²) in [5.41, 5.74) is 1.31. The molecule has 0 bridgehead atoms. The normalized spacial score (nSPS) is 13.8. The molecule has 0 radical (unpaired) electrons. The van der Waals surface area contributed by atoms with Gasteiger partial charge in [0, 0.05) is 10.2 Å². The summed E-state index contributed by atoms with van der Waals surface area (Å²) in [6.07, 6.45) is 0.250. The minimum atomic E-state index is -0.252. The minimum Gasteiger partial charge on any atom is -0.491 e. The number of benzene rings is 2. The molecule has 1 N–H and O–H groups in total. The first kappa shape index (κ1) is 15.6. The van der Waals surface area contributed by atoms with Crippen LogP contribution in [-0.4, -0.2) is 25.0 Å². The number of hydrogen-bond donors (Lipinski definition) is 1. The summed E-state index contributed by atoms with van der Waals surface area (Å²) < 4.78 is 6.50. The number of hydrogen-bond acceptors (Lipinski definition) is 3. The number of anilines is 2. The van der Waals surface area contributed by atoms with Crippen LogP contribution in [0, 0.1) is 0 Å². The van der Waals surface area contributed by atoms with Gasteiger partial charge in [0.25, 0.3) is 0 Å². The second-order valence-corrected chi connectivity index (χ2v) is 6.02. The van der Waals surface area contributed by atoms with Gasteiger partial charge in [-0.2, -0.15) is 0 Å². The van der Waals surface area contributed by atoms with Crippen molar-refractivity contribution in [2.45, 2.75) is 6.42 Å².